The van der Waals surface area contributed by atoms with Crippen molar-refractivity contribution >= 4 is 51.7 Å². The SMILES string of the molecule is CCNC(=NCCCOC1CCCCC1)NCCS(=O)(=O)N1CCSCC1.I. The number of rotatable bonds is 10. The Morgan fingerprint density at radius 3 is 2.57 bits per heavy atom. The fraction of sp³-hybridized carbons (Fsp3) is 0.944. The summed E-state index contributed by atoms with van der Waals surface area (Å²) >= 11 is 1.81. The highest BCUT2D eigenvalue weighted by Crippen LogP contribution is 2.20. The zero-order valence-corrected chi connectivity index (χ0v) is 21.0. The van der Waals surface area contributed by atoms with Crippen LogP contribution in [0, 0.1) is 0 Å². The Hall–Kier alpha value is 0.220. The first-order valence-corrected chi connectivity index (χ1v) is 13.1. The number of ether oxygens (including phenoxy) is 1. The highest BCUT2D eigenvalue weighted by Gasteiger charge is 2.23. The number of hydrogen-bond acceptors (Lipinski definition) is 5. The van der Waals surface area contributed by atoms with Crippen molar-refractivity contribution in [2.24, 2.45) is 4.99 Å². The lowest BCUT2D eigenvalue weighted by molar-refractivity contribution is 0.0281. The predicted molar refractivity (Wildman–Crippen MR) is 130 cm³/mol. The smallest absolute Gasteiger partial charge is 0.215 e. The van der Waals surface area contributed by atoms with E-state index in [-0.39, 0.29) is 29.7 Å². The lowest BCUT2D eigenvalue weighted by Gasteiger charge is -2.25. The van der Waals surface area contributed by atoms with Crippen molar-refractivity contribution in [3.8, 4) is 0 Å². The van der Waals surface area contributed by atoms with Crippen LogP contribution in [0.3, 0.4) is 0 Å². The predicted octanol–water partition coefficient (Wildman–Crippen LogP) is 2.28. The summed E-state index contributed by atoms with van der Waals surface area (Å²) in [5.41, 5.74) is 0. The van der Waals surface area contributed by atoms with Crippen molar-refractivity contribution in [2.45, 2.75) is 51.6 Å². The molecule has 10 heteroatoms. The molecule has 166 valence electrons. The van der Waals surface area contributed by atoms with Gasteiger partial charge in [-0.25, -0.2) is 12.7 Å². The Bertz CT molecular complexity index is 537. The second-order valence-corrected chi connectivity index (χ2v) is 10.3. The molecule has 1 saturated carbocycles. The second-order valence-electron chi connectivity index (χ2n) is 7.00. The minimum absolute atomic E-state index is 0. The van der Waals surface area contributed by atoms with Gasteiger partial charge in [-0.3, -0.25) is 4.99 Å². The van der Waals surface area contributed by atoms with Gasteiger partial charge >= 0.3 is 0 Å². The number of sulfonamides is 1. The van der Waals surface area contributed by atoms with Crippen molar-refractivity contribution in [3.05, 3.63) is 0 Å². The van der Waals surface area contributed by atoms with Gasteiger partial charge in [0.15, 0.2) is 5.96 Å². The van der Waals surface area contributed by atoms with Crippen LogP contribution in [0.1, 0.15) is 45.4 Å². The van der Waals surface area contributed by atoms with E-state index >= 15 is 0 Å². The average Bonchev–Trinajstić information content (AvgIpc) is 2.69. The molecule has 0 aromatic rings. The van der Waals surface area contributed by atoms with Gasteiger partial charge in [-0.05, 0) is 26.2 Å². The molecular weight excluding hydrogens is 511 g/mol. The third-order valence-electron chi connectivity index (χ3n) is 4.84. The Balaban J connectivity index is 0.00000392. The number of guanidine groups is 1. The largest absolute Gasteiger partial charge is 0.378 e. The van der Waals surface area contributed by atoms with Crippen LogP contribution < -0.4 is 10.6 Å². The number of aliphatic imine (C=N–C) groups is 1. The van der Waals surface area contributed by atoms with E-state index < -0.39 is 10.0 Å². The third-order valence-corrected chi connectivity index (χ3v) is 7.65. The molecule has 1 aliphatic heterocycles. The molecule has 2 N–H and O–H groups in total. The molecule has 2 fully saturated rings. The third kappa shape index (κ3) is 10.3. The molecule has 28 heavy (non-hydrogen) atoms. The summed E-state index contributed by atoms with van der Waals surface area (Å²) in [4.78, 5) is 4.53. The first-order chi connectivity index (χ1) is 13.1. The van der Waals surface area contributed by atoms with Gasteiger partial charge in [-0.2, -0.15) is 11.8 Å². The summed E-state index contributed by atoms with van der Waals surface area (Å²) in [5.74, 6) is 2.56. The topological polar surface area (TPSA) is 83.0 Å². The van der Waals surface area contributed by atoms with Gasteiger partial charge in [0.05, 0.1) is 11.9 Å². The molecule has 2 aliphatic rings. The maximum Gasteiger partial charge on any atom is 0.215 e. The highest BCUT2D eigenvalue weighted by atomic mass is 127. The molecular formula is C18H37IN4O3S2. The van der Waals surface area contributed by atoms with Crippen LogP contribution in [-0.2, 0) is 14.8 Å². The van der Waals surface area contributed by atoms with E-state index in [1.54, 1.807) is 4.31 Å². The fourth-order valence-corrected chi connectivity index (χ4v) is 5.82. The van der Waals surface area contributed by atoms with E-state index in [0.29, 0.717) is 38.2 Å². The minimum Gasteiger partial charge on any atom is -0.378 e. The Kier molecular flexibility index (Phi) is 14.1. The minimum atomic E-state index is -3.18. The molecule has 1 heterocycles. The van der Waals surface area contributed by atoms with Crippen LogP contribution >= 0.6 is 35.7 Å². The van der Waals surface area contributed by atoms with Crippen LogP contribution in [0.2, 0.25) is 0 Å². The normalized spacial score (nSPS) is 19.8. The number of thioether (sulfide) groups is 1. The van der Waals surface area contributed by atoms with E-state index in [1.165, 1.54) is 32.1 Å². The summed E-state index contributed by atoms with van der Waals surface area (Å²) in [6.45, 7) is 5.81. The summed E-state index contributed by atoms with van der Waals surface area (Å²) < 4.78 is 32.3. The summed E-state index contributed by atoms with van der Waals surface area (Å²) in [5, 5.41) is 6.32. The molecule has 0 bridgehead atoms. The van der Waals surface area contributed by atoms with Gasteiger partial charge in [-0.15, -0.1) is 24.0 Å². The van der Waals surface area contributed by atoms with E-state index in [0.717, 1.165) is 31.1 Å². The van der Waals surface area contributed by atoms with Crippen molar-refractivity contribution in [3.63, 3.8) is 0 Å². The van der Waals surface area contributed by atoms with E-state index in [4.69, 9.17) is 4.74 Å². The number of hydrogen-bond donors (Lipinski definition) is 2. The summed E-state index contributed by atoms with van der Waals surface area (Å²) in [6, 6.07) is 0. The standard InChI is InChI=1S/C18H36N4O3S2.HI/c1-2-19-18(20-9-6-13-25-17-7-4-3-5-8-17)21-10-16-27(23,24)22-11-14-26-15-12-22;/h17H,2-16H2,1H3,(H2,19,20,21);1H. The van der Waals surface area contributed by atoms with Gasteiger partial charge in [0.25, 0.3) is 0 Å². The van der Waals surface area contributed by atoms with Crippen LogP contribution in [0.25, 0.3) is 0 Å². The Morgan fingerprint density at radius 2 is 1.89 bits per heavy atom. The van der Waals surface area contributed by atoms with Crippen LogP contribution in [0.5, 0.6) is 0 Å². The van der Waals surface area contributed by atoms with E-state index in [2.05, 4.69) is 15.6 Å². The van der Waals surface area contributed by atoms with Gasteiger partial charge in [-0.1, -0.05) is 19.3 Å². The van der Waals surface area contributed by atoms with E-state index in [1.807, 2.05) is 18.7 Å². The molecule has 0 spiro atoms. The number of nitrogens with zero attached hydrogens (tertiary/aromatic N) is 2. The molecule has 1 aliphatic carbocycles. The lowest BCUT2D eigenvalue weighted by atomic mass is 9.98. The number of nitrogens with one attached hydrogen (secondary N) is 2. The molecule has 1 saturated heterocycles. The van der Waals surface area contributed by atoms with Gasteiger partial charge in [0.2, 0.25) is 10.0 Å². The Labute approximate surface area is 192 Å². The second kappa shape index (κ2) is 15.1. The molecule has 7 nitrogen and oxygen atoms in total. The van der Waals surface area contributed by atoms with Crippen molar-refractivity contribution in [1.82, 2.24) is 14.9 Å². The molecule has 0 unspecified atom stereocenters. The Morgan fingerprint density at radius 1 is 1.18 bits per heavy atom. The molecule has 0 atom stereocenters. The van der Waals surface area contributed by atoms with Crippen molar-refractivity contribution < 1.29 is 13.2 Å². The molecule has 0 aromatic carbocycles. The molecule has 2 rings (SSSR count). The van der Waals surface area contributed by atoms with E-state index in [9.17, 15) is 8.42 Å². The van der Waals surface area contributed by atoms with Crippen LogP contribution in [0.15, 0.2) is 4.99 Å². The molecule has 0 amide bonds. The van der Waals surface area contributed by atoms with Crippen LogP contribution in [-0.4, -0.2) is 81.4 Å². The van der Waals surface area contributed by atoms with Gasteiger partial charge in [0.1, 0.15) is 0 Å². The first kappa shape index (κ1) is 26.3. The van der Waals surface area contributed by atoms with Crippen molar-refractivity contribution in [1.29, 1.82) is 0 Å². The average molecular weight is 549 g/mol. The van der Waals surface area contributed by atoms with Crippen molar-refractivity contribution in [2.75, 3.05) is 56.6 Å². The first-order valence-electron chi connectivity index (χ1n) is 10.3. The summed E-state index contributed by atoms with van der Waals surface area (Å²) in [7, 11) is -3.18. The monoisotopic (exact) mass is 548 g/mol. The maximum absolute atomic E-state index is 12.4. The summed E-state index contributed by atoms with van der Waals surface area (Å²) in [6.07, 6.45) is 7.63. The zero-order chi connectivity index (χ0) is 19.4. The van der Waals surface area contributed by atoms with Crippen LogP contribution in [0.4, 0.5) is 0 Å². The number of halogens is 1. The quantitative estimate of drug-likeness (QED) is 0.189. The molecule has 0 radical (unpaired) electrons. The van der Waals surface area contributed by atoms with Gasteiger partial charge in [0, 0.05) is 50.8 Å². The zero-order valence-electron chi connectivity index (χ0n) is 17.0. The van der Waals surface area contributed by atoms with Gasteiger partial charge < -0.3 is 15.4 Å². The maximum atomic E-state index is 12.4. The molecule has 0 aromatic heterocycles. The lowest BCUT2D eigenvalue weighted by Crippen LogP contribution is -2.44. The highest BCUT2D eigenvalue weighted by molar-refractivity contribution is 14.0. The fourth-order valence-electron chi connectivity index (χ4n) is 3.33.